The fourth-order valence-electron chi connectivity index (χ4n) is 1.02. The first-order chi connectivity index (χ1) is 6.38. The molecule has 0 spiro atoms. The standard InChI is InChI=1S/C9H7N.C2H2O/c1-2-6-9-8(4-1)5-3-7-10-9;1-2-3/h1-7H;1H2. The lowest BCUT2D eigenvalue weighted by Crippen LogP contribution is -1.73. The zero-order chi connectivity index (χ0) is 9.52. The van der Waals surface area contributed by atoms with Crippen LogP contribution in [0.1, 0.15) is 0 Å². The van der Waals surface area contributed by atoms with Crippen LogP contribution in [0.4, 0.5) is 0 Å². The summed E-state index contributed by atoms with van der Waals surface area (Å²) in [7, 11) is 0. The number of carbonyl (C=O) groups excluding carboxylic acids is 1. The summed E-state index contributed by atoms with van der Waals surface area (Å²) in [4.78, 5) is 12.8. The Labute approximate surface area is 76.5 Å². The van der Waals surface area contributed by atoms with Crippen molar-refractivity contribution in [3.05, 3.63) is 49.2 Å². The van der Waals surface area contributed by atoms with E-state index in [1.165, 1.54) is 11.3 Å². The van der Waals surface area contributed by atoms with E-state index in [9.17, 15) is 0 Å². The Hall–Kier alpha value is -1.92. The average molecular weight is 171 g/mol. The number of hydrogen-bond acceptors (Lipinski definition) is 2. The minimum atomic E-state index is 1.06. The average Bonchev–Trinajstić information content (AvgIpc) is 2.19. The van der Waals surface area contributed by atoms with E-state index in [0.29, 0.717) is 0 Å². The van der Waals surface area contributed by atoms with Gasteiger partial charge in [-0.2, -0.15) is 0 Å². The van der Waals surface area contributed by atoms with Crippen LogP contribution in [0.5, 0.6) is 0 Å². The summed E-state index contributed by atoms with van der Waals surface area (Å²) >= 11 is 0. The molecular weight excluding hydrogens is 162 g/mol. The van der Waals surface area contributed by atoms with Gasteiger partial charge in [-0.25, -0.2) is 4.79 Å². The lowest BCUT2D eigenvalue weighted by Gasteiger charge is -1.91. The number of hydrogen-bond donors (Lipinski definition) is 0. The molecule has 0 saturated heterocycles. The Morgan fingerprint density at radius 1 is 1.15 bits per heavy atom. The van der Waals surface area contributed by atoms with Crippen molar-refractivity contribution in [2.45, 2.75) is 0 Å². The van der Waals surface area contributed by atoms with Gasteiger partial charge in [0, 0.05) is 11.6 Å². The molecule has 2 aromatic rings. The van der Waals surface area contributed by atoms with Gasteiger partial charge in [-0.15, -0.1) is 0 Å². The zero-order valence-corrected chi connectivity index (χ0v) is 7.10. The van der Waals surface area contributed by atoms with Gasteiger partial charge in [0.15, 0.2) is 0 Å². The molecule has 0 bridgehead atoms. The van der Waals surface area contributed by atoms with E-state index in [4.69, 9.17) is 4.79 Å². The third kappa shape index (κ3) is 2.55. The lowest BCUT2D eigenvalue weighted by molar-refractivity contribution is 0.569. The molecule has 0 N–H and O–H groups in total. The van der Waals surface area contributed by atoms with Crippen molar-refractivity contribution in [1.29, 1.82) is 0 Å². The summed E-state index contributed by atoms with van der Waals surface area (Å²) in [5.74, 6) is 1.25. The summed E-state index contributed by atoms with van der Waals surface area (Å²) in [6.45, 7) is 2.68. The smallest absolute Gasteiger partial charge is 0.116 e. The lowest BCUT2D eigenvalue weighted by atomic mass is 10.2. The molecule has 0 atom stereocenters. The van der Waals surface area contributed by atoms with Crippen LogP contribution in [0.2, 0.25) is 0 Å². The van der Waals surface area contributed by atoms with Crippen molar-refractivity contribution in [2.75, 3.05) is 0 Å². The van der Waals surface area contributed by atoms with Crippen LogP contribution < -0.4 is 0 Å². The third-order valence-electron chi connectivity index (χ3n) is 1.51. The summed E-state index contributed by atoms with van der Waals surface area (Å²) in [5.41, 5.74) is 1.06. The highest BCUT2D eigenvalue weighted by Gasteiger charge is 1.86. The molecule has 0 amide bonds. The fraction of sp³-hybridized carbons (Fsp3) is 0. The van der Waals surface area contributed by atoms with E-state index in [1.54, 1.807) is 0 Å². The van der Waals surface area contributed by atoms with E-state index in [-0.39, 0.29) is 0 Å². The molecule has 1 aromatic heterocycles. The summed E-state index contributed by atoms with van der Waals surface area (Å²) in [6, 6.07) is 12.1. The molecule has 2 nitrogen and oxygen atoms in total. The molecule has 0 saturated carbocycles. The van der Waals surface area contributed by atoms with Crippen LogP contribution in [0.3, 0.4) is 0 Å². The minimum Gasteiger partial charge on any atom is -0.256 e. The number of aromatic nitrogens is 1. The monoisotopic (exact) mass is 171 g/mol. The number of nitrogens with zero attached hydrogens (tertiary/aromatic N) is 1. The van der Waals surface area contributed by atoms with Gasteiger partial charge in [-0.3, -0.25) is 4.98 Å². The Morgan fingerprint density at radius 3 is 2.46 bits per heavy atom. The van der Waals surface area contributed by atoms with Crippen LogP contribution >= 0.6 is 0 Å². The number of benzene rings is 1. The van der Waals surface area contributed by atoms with Crippen molar-refractivity contribution in [3.8, 4) is 0 Å². The van der Waals surface area contributed by atoms with E-state index in [0.717, 1.165) is 5.52 Å². The molecule has 2 heteroatoms. The summed E-state index contributed by atoms with van der Waals surface area (Å²) < 4.78 is 0. The molecule has 1 aromatic carbocycles. The Balaban J connectivity index is 0.000000251. The Bertz CT molecular complexity index is 352. The molecule has 0 radical (unpaired) electrons. The molecule has 1 heterocycles. The highest BCUT2D eigenvalue weighted by Crippen LogP contribution is 2.07. The first-order valence-corrected chi connectivity index (χ1v) is 3.82. The zero-order valence-electron chi connectivity index (χ0n) is 7.10. The molecule has 0 fully saturated rings. The van der Waals surface area contributed by atoms with E-state index < -0.39 is 0 Å². The Kier molecular flexibility index (Phi) is 3.43. The van der Waals surface area contributed by atoms with Crippen LogP contribution in [-0.2, 0) is 4.79 Å². The number of pyridine rings is 1. The molecule has 13 heavy (non-hydrogen) atoms. The van der Waals surface area contributed by atoms with Gasteiger partial charge in [0.1, 0.15) is 5.94 Å². The van der Waals surface area contributed by atoms with Gasteiger partial charge >= 0.3 is 0 Å². The predicted octanol–water partition coefficient (Wildman–Crippen LogP) is 2.24. The van der Waals surface area contributed by atoms with E-state index in [2.05, 4.69) is 23.7 Å². The summed E-state index contributed by atoms with van der Waals surface area (Å²) in [6.07, 6.45) is 1.81. The second-order valence-corrected chi connectivity index (χ2v) is 2.34. The van der Waals surface area contributed by atoms with Crippen molar-refractivity contribution < 1.29 is 4.79 Å². The SMILES string of the molecule is C=C=O.c1ccc2ncccc2c1. The highest BCUT2D eigenvalue weighted by atomic mass is 16.1. The fourth-order valence-corrected chi connectivity index (χ4v) is 1.02. The van der Waals surface area contributed by atoms with Crippen LogP contribution in [-0.4, -0.2) is 10.9 Å². The van der Waals surface area contributed by atoms with Crippen molar-refractivity contribution in [3.63, 3.8) is 0 Å². The van der Waals surface area contributed by atoms with Gasteiger partial charge in [-0.1, -0.05) is 24.3 Å². The molecule has 0 unspecified atom stereocenters. The van der Waals surface area contributed by atoms with Gasteiger partial charge in [0.05, 0.1) is 5.52 Å². The molecule has 2 rings (SSSR count). The van der Waals surface area contributed by atoms with Gasteiger partial charge < -0.3 is 0 Å². The van der Waals surface area contributed by atoms with Gasteiger partial charge in [-0.05, 0) is 18.7 Å². The second kappa shape index (κ2) is 4.86. The number of fused-ring (bicyclic) bond motifs is 1. The first-order valence-electron chi connectivity index (χ1n) is 3.82. The van der Waals surface area contributed by atoms with E-state index >= 15 is 0 Å². The van der Waals surface area contributed by atoms with Crippen LogP contribution in [0, 0.1) is 0 Å². The van der Waals surface area contributed by atoms with Gasteiger partial charge in [0.2, 0.25) is 0 Å². The topological polar surface area (TPSA) is 30.0 Å². The minimum absolute atomic E-state index is 1.06. The highest BCUT2D eigenvalue weighted by molar-refractivity contribution is 5.77. The molecular formula is C11H9NO. The molecule has 64 valence electrons. The maximum absolute atomic E-state index is 8.57. The van der Waals surface area contributed by atoms with Crippen molar-refractivity contribution in [1.82, 2.24) is 4.98 Å². The number of para-hydroxylation sites is 1. The van der Waals surface area contributed by atoms with Crippen molar-refractivity contribution in [2.24, 2.45) is 0 Å². The molecule has 0 aliphatic heterocycles. The normalized spacial score (nSPS) is 8.31. The largest absolute Gasteiger partial charge is 0.256 e. The van der Waals surface area contributed by atoms with E-state index in [1.807, 2.05) is 30.5 Å². The maximum Gasteiger partial charge on any atom is 0.116 e. The quantitative estimate of drug-likeness (QED) is 0.569. The Morgan fingerprint density at radius 2 is 1.77 bits per heavy atom. The van der Waals surface area contributed by atoms with Crippen molar-refractivity contribution >= 4 is 16.8 Å². The van der Waals surface area contributed by atoms with Crippen LogP contribution in [0.15, 0.2) is 49.2 Å². The third-order valence-corrected chi connectivity index (χ3v) is 1.51. The molecule has 0 aliphatic rings. The summed E-state index contributed by atoms with van der Waals surface area (Å²) in [5, 5.41) is 1.20. The second-order valence-electron chi connectivity index (χ2n) is 2.34. The number of rotatable bonds is 0. The maximum atomic E-state index is 8.57. The first kappa shape index (κ1) is 9.17. The van der Waals surface area contributed by atoms with Gasteiger partial charge in [0.25, 0.3) is 0 Å². The predicted molar refractivity (Wildman–Crippen MR) is 53.1 cm³/mol. The van der Waals surface area contributed by atoms with Crippen LogP contribution in [0.25, 0.3) is 10.9 Å². The molecule has 0 aliphatic carbocycles.